The van der Waals surface area contributed by atoms with Crippen LogP contribution in [0.4, 0.5) is 51.2 Å². The normalized spacial score (nSPS) is 13.7. The van der Waals surface area contributed by atoms with Gasteiger partial charge >= 0.3 is 0 Å². The summed E-state index contributed by atoms with van der Waals surface area (Å²) in [7, 11) is 0. The molecule has 0 spiro atoms. The van der Waals surface area contributed by atoms with Crippen LogP contribution in [0.15, 0.2) is 176 Å². The van der Waals surface area contributed by atoms with E-state index in [4.69, 9.17) is 0 Å². The van der Waals surface area contributed by atoms with E-state index in [-0.39, 0.29) is 33.8 Å². The molecule has 0 radical (unpaired) electrons. The number of rotatable bonds is 6. The van der Waals surface area contributed by atoms with Crippen LogP contribution in [0.25, 0.3) is 21.2 Å². The monoisotopic (exact) mass is 1000 g/mol. The third kappa shape index (κ3) is 8.99. The zero-order valence-corrected chi connectivity index (χ0v) is 47.9. The number of hydrogen-bond acceptors (Lipinski definition) is 4. The van der Waals surface area contributed by atoms with Gasteiger partial charge in [0.1, 0.15) is 0 Å². The molecule has 3 nitrogen and oxygen atoms in total. The first-order valence-electron chi connectivity index (χ1n) is 27.1. The molecule has 1 aromatic heterocycles. The molecule has 5 heteroatoms. The van der Waals surface area contributed by atoms with Crippen molar-refractivity contribution in [3.8, 4) is 11.1 Å². The lowest BCUT2D eigenvalue weighted by atomic mass is 9.36. The fourth-order valence-electron chi connectivity index (χ4n) is 11.4. The number of anilines is 9. The molecule has 0 unspecified atom stereocenters. The zero-order chi connectivity index (χ0) is 53.1. The molecule has 9 aromatic rings. The van der Waals surface area contributed by atoms with E-state index in [1.807, 2.05) is 11.3 Å². The minimum atomic E-state index is -0.0717. The minimum Gasteiger partial charge on any atom is -0.311 e. The molecule has 2 aliphatic rings. The van der Waals surface area contributed by atoms with Crippen molar-refractivity contribution >= 4 is 95.0 Å². The van der Waals surface area contributed by atoms with Crippen LogP contribution in [0.5, 0.6) is 0 Å². The van der Waals surface area contributed by atoms with E-state index in [0.717, 1.165) is 22.7 Å². The maximum atomic E-state index is 2.69. The Balaban J connectivity index is 1.32. The van der Waals surface area contributed by atoms with Gasteiger partial charge in [-0.25, -0.2) is 0 Å². The molecule has 0 fully saturated rings. The molecule has 0 saturated heterocycles. The quantitative estimate of drug-likeness (QED) is 0.154. The minimum absolute atomic E-state index is 0.00817. The first-order chi connectivity index (χ1) is 35.4. The molecule has 0 N–H and O–H groups in total. The topological polar surface area (TPSA) is 9.72 Å². The summed E-state index contributed by atoms with van der Waals surface area (Å²) >= 11 is 1.99. The second-order valence-corrected chi connectivity index (χ2v) is 27.5. The van der Waals surface area contributed by atoms with Crippen molar-refractivity contribution in [2.45, 2.75) is 131 Å². The van der Waals surface area contributed by atoms with Crippen LogP contribution in [-0.4, -0.2) is 6.71 Å². The molecule has 0 atom stereocenters. The Morgan fingerprint density at radius 1 is 0.387 bits per heavy atom. The fourth-order valence-corrected chi connectivity index (χ4v) is 12.7. The summed E-state index contributed by atoms with van der Waals surface area (Å²) < 4.78 is 2.70. The molecule has 11 rings (SSSR count). The van der Waals surface area contributed by atoms with Crippen LogP contribution in [0.3, 0.4) is 0 Å². The maximum absolute atomic E-state index is 2.69. The highest BCUT2D eigenvalue weighted by Gasteiger charge is 2.47. The van der Waals surface area contributed by atoms with Crippen LogP contribution in [0.2, 0.25) is 0 Å². The van der Waals surface area contributed by atoms with E-state index in [1.165, 1.54) is 93.2 Å². The second kappa shape index (κ2) is 17.9. The predicted octanol–water partition coefficient (Wildman–Crippen LogP) is 18.6. The summed E-state index contributed by atoms with van der Waals surface area (Å²) in [5.74, 6) is 0. The van der Waals surface area contributed by atoms with Gasteiger partial charge in [0.05, 0.1) is 17.1 Å². The average Bonchev–Trinajstić information content (AvgIpc) is 3.76. The first kappa shape index (κ1) is 50.3. The number of nitrogens with zero attached hydrogens (tertiary/aromatic N) is 3. The summed E-state index contributed by atoms with van der Waals surface area (Å²) in [4.78, 5) is 7.73. The summed E-state index contributed by atoms with van der Waals surface area (Å²) in [6.07, 6.45) is 0. The number of hydrogen-bond donors (Lipinski definition) is 0. The van der Waals surface area contributed by atoms with Crippen LogP contribution in [0.1, 0.15) is 132 Å². The van der Waals surface area contributed by atoms with Crippen LogP contribution >= 0.6 is 11.3 Å². The summed E-state index contributed by atoms with van der Waals surface area (Å²) in [6.45, 7) is 34.9. The third-order valence-electron chi connectivity index (χ3n) is 15.8. The molecule has 378 valence electrons. The van der Waals surface area contributed by atoms with E-state index < -0.39 is 0 Å². The van der Waals surface area contributed by atoms with Gasteiger partial charge in [-0.05, 0) is 144 Å². The van der Waals surface area contributed by atoms with Crippen molar-refractivity contribution < 1.29 is 0 Å². The van der Waals surface area contributed by atoms with E-state index in [0.29, 0.717) is 0 Å². The van der Waals surface area contributed by atoms with Crippen molar-refractivity contribution in [1.29, 1.82) is 0 Å². The molecule has 2 aliphatic heterocycles. The highest BCUT2D eigenvalue weighted by Crippen LogP contribution is 2.53. The van der Waals surface area contributed by atoms with Gasteiger partial charge in [-0.15, -0.1) is 11.3 Å². The zero-order valence-electron chi connectivity index (χ0n) is 47.1. The van der Waals surface area contributed by atoms with Gasteiger partial charge in [0.2, 0.25) is 0 Å². The third-order valence-corrected chi connectivity index (χ3v) is 17.0. The highest BCUT2D eigenvalue weighted by molar-refractivity contribution is 7.33. The van der Waals surface area contributed by atoms with Crippen molar-refractivity contribution in [2.75, 3.05) is 14.7 Å². The van der Waals surface area contributed by atoms with Crippen molar-refractivity contribution in [3.63, 3.8) is 0 Å². The highest BCUT2D eigenvalue weighted by atomic mass is 32.1. The van der Waals surface area contributed by atoms with Gasteiger partial charge in [-0.3, -0.25) is 0 Å². The predicted molar refractivity (Wildman–Crippen MR) is 329 cm³/mol. The number of fused-ring (bicyclic) bond motifs is 6. The Morgan fingerprint density at radius 2 is 0.840 bits per heavy atom. The Morgan fingerprint density at radius 3 is 1.37 bits per heavy atom. The number of benzene rings is 8. The SMILES string of the molecule is CC(C)(C)c1ccc(-c2cc(C(C)(C)C)ccc2N2c3cc(N(c4ccccc4)c4ccccc4)cc4c3B(c3cc(C(C)(C)C)ccc3N4c3ccc(C(C)(C)C)cc3)c3sc4cc(C(C)(C)C)ccc4c32)cc1. The van der Waals surface area contributed by atoms with Gasteiger partial charge in [0.25, 0.3) is 6.71 Å². The standard InChI is InChI=1S/C70H74BN3S/c1-66(2,3)46-28-26-45(27-29-46)56-40-48(68(7,8)9)33-38-58(56)74-61-44-54(72(51-22-18-16-19-23-51)52-24-20-17-21-25-52)43-60-63(61)71(65-64(74)55-37-32-50(70(13,14)15)42-62(55)75-65)57-41-49(69(10,11)12)34-39-59(57)73(60)53-35-30-47(31-36-53)67(4,5)6/h16-44H,1-15H3. The maximum Gasteiger partial charge on any atom is 0.264 e. The molecule has 3 heterocycles. The van der Waals surface area contributed by atoms with Crippen molar-refractivity contribution in [3.05, 3.63) is 204 Å². The van der Waals surface area contributed by atoms with Crippen LogP contribution in [-0.2, 0) is 27.1 Å². The van der Waals surface area contributed by atoms with E-state index in [1.54, 1.807) is 0 Å². The fraction of sp³-hybridized carbons (Fsp3) is 0.286. The van der Waals surface area contributed by atoms with Crippen molar-refractivity contribution in [2.24, 2.45) is 0 Å². The largest absolute Gasteiger partial charge is 0.311 e. The molecule has 8 aromatic carbocycles. The van der Waals surface area contributed by atoms with Gasteiger partial charge in [0.15, 0.2) is 0 Å². The Bertz CT molecular complexity index is 3570. The second-order valence-electron chi connectivity index (χ2n) is 26.4. The lowest BCUT2D eigenvalue weighted by molar-refractivity contribution is 0.590. The van der Waals surface area contributed by atoms with Gasteiger partial charge < -0.3 is 14.7 Å². The average molecular weight is 1000 g/mol. The summed E-state index contributed by atoms with van der Waals surface area (Å²) in [5, 5.41) is 1.28. The van der Waals surface area contributed by atoms with Crippen LogP contribution < -0.4 is 30.4 Å². The number of para-hydroxylation sites is 2. The lowest BCUT2D eigenvalue weighted by Crippen LogP contribution is -2.60. The Hall–Kier alpha value is -6.82. The number of thiophene rings is 1. The van der Waals surface area contributed by atoms with E-state index >= 15 is 0 Å². The molecule has 0 bridgehead atoms. The summed E-state index contributed by atoms with van der Waals surface area (Å²) in [5.41, 5.74) is 22.1. The van der Waals surface area contributed by atoms with Crippen molar-refractivity contribution in [1.82, 2.24) is 0 Å². The lowest BCUT2D eigenvalue weighted by Gasteiger charge is -2.45. The molecule has 75 heavy (non-hydrogen) atoms. The molecule has 0 saturated carbocycles. The molecule has 0 amide bonds. The van der Waals surface area contributed by atoms with Crippen LogP contribution in [0, 0.1) is 0 Å². The Labute approximate surface area is 453 Å². The molecular weight excluding hydrogens is 926 g/mol. The molecule has 0 aliphatic carbocycles. The van der Waals surface area contributed by atoms with E-state index in [9.17, 15) is 0 Å². The van der Waals surface area contributed by atoms with E-state index in [2.05, 4.69) is 294 Å². The Kier molecular flexibility index (Phi) is 12.0. The van der Waals surface area contributed by atoms with Gasteiger partial charge in [-0.1, -0.05) is 207 Å². The molecular formula is C70H74BN3S. The summed E-state index contributed by atoms with van der Waals surface area (Å²) in [6, 6.07) is 67.7. The smallest absolute Gasteiger partial charge is 0.264 e. The van der Waals surface area contributed by atoms with Gasteiger partial charge in [0, 0.05) is 54.6 Å². The first-order valence-corrected chi connectivity index (χ1v) is 27.9. The van der Waals surface area contributed by atoms with Gasteiger partial charge in [-0.2, -0.15) is 0 Å².